The first-order valence-corrected chi connectivity index (χ1v) is 11.3. The third-order valence-corrected chi connectivity index (χ3v) is 7.06. The van der Waals surface area contributed by atoms with Crippen LogP contribution < -0.4 is 0 Å². The average Bonchev–Trinajstić information content (AvgIpc) is 3.45. The van der Waals surface area contributed by atoms with Crippen molar-refractivity contribution in [1.82, 2.24) is 9.55 Å². The Balaban J connectivity index is 1.45. The van der Waals surface area contributed by atoms with Crippen molar-refractivity contribution in [3.63, 3.8) is 0 Å². The molecule has 0 radical (unpaired) electrons. The summed E-state index contributed by atoms with van der Waals surface area (Å²) in [5, 5.41) is 1.91. The molecule has 0 atom stereocenters. The number of ketones is 2. The van der Waals surface area contributed by atoms with Crippen LogP contribution in [0.1, 0.15) is 33.5 Å². The molecule has 1 aliphatic rings. The van der Waals surface area contributed by atoms with Gasteiger partial charge in [-0.3, -0.25) is 9.59 Å². The minimum absolute atomic E-state index is 0.186. The highest BCUT2D eigenvalue weighted by molar-refractivity contribution is 7.21. The molecule has 4 nitrogen and oxygen atoms in total. The quantitative estimate of drug-likeness (QED) is 0.244. The summed E-state index contributed by atoms with van der Waals surface area (Å²) < 4.78 is 2.06. The van der Waals surface area contributed by atoms with Gasteiger partial charge in [-0.2, -0.15) is 0 Å². The van der Waals surface area contributed by atoms with Crippen molar-refractivity contribution in [2.24, 2.45) is 0 Å². The molecule has 2 heterocycles. The standard InChI is InChI=1S/C27H18N2O2S/c1-2-29-22-15-23(16-8-4-3-5-9-16)32-27(22)28-24(29)14-21-25(30)19-12-17-10-6-7-11-18(17)13-20(19)26(21)31/h3-15H,2H2,1H3. The van der Waals surface area contributed by atoms with E-state index >= 15 is 0 Å². The van der Waals surface area contributed by atoms with Crippen molar-refractivity contribution in [2.45, 2.75) is 13.5 Å². The molecule has 1 aliphatic carbocycles. The van der Waals surface area contributed by atoms with Crippen molar-refractivity contribution in [3.8, 4) is 10.4 Å². The third-order valence-electron chi connectivity index (χ3n) is 5.99. The predicted octanol–water partition coefficient (Wildman–Crippen LogP) is 6.40. The van der Waals surface area contributed by atoms with Crippen molar-refractivity contribution < 1.29 is 9.59 Å². The molecule has 0 saturated heterocycles. The molecule has 0 saturated carbocycles. The number of allylic oxidation sites excluding steroid dienone is 1. The van der Waals surface area contributed by atoms with E-state index in [-0.39, 0.29) is 17.1 Å². The topological polar surface area (TPSA) is 52.0 Å². The highest BCUT2D eigenvalue weighted by Crippen LogP contribution is 2.35. The first-order chi connectivity index (χ1) is 15.6. The van der Waals surface area contributed by atoms with E-state index in [1.54, 1.807) is 17.4 Å². The predicted molar refractivity (Wildman–Crippen MR) is 129 cm³/mol. The molecule has 0 amide bonds. The molecule has 0 bridgehead atoms. The molecule has 0 unspecified atom stereocenters. The molecule has 2 aromatic heterocycles. The van der Waals surface area contributed by atoms with Crippen molar-refractivity contribution in [3.05, 3.63) is 95.3 Å². The lowest BCUT2D eigenvalue weighted by molar-refractivity contribution is 0.0990. The highest BCUT2D eigenvalue weighted by Gasteiger charge is 2.34. The molecule has 32 heavy (non-hydrogen) atoms. The number of carbonyl (C=O) groups excluding carboxylic acids is 2. The van der Waals surface area contributed by atoms with Gasteiger partial charge in [0.15, 0.2) is 11.6 Å². The Hall–Kier alpha value is -3.83. The molecule has 0 N–H and O–H groups in total. The number of imidazole rings is 1. The van der Waals surface area contributed by atoms with Gasteiger partial charge in [0.2, 0.25) is 0 Å². The van der Waals surface area contributed by atoms with Gasteiger partial charge < -0.3 is 4.57 Å². The largest absolute Gasteiger partial charge is 0.324 e. The molecule has 0 fully saturated rings. The number of Topliss-reactive ketones (excluding diaryl/α,β-unsaturated/α-hetero) is 2. The zero-order valence-electron chi connectivity index (χ0n) is 17.3. The summed E-state index contributed by atoms with van der Waals surface area (Å²) in [5.41, 5.74) is 3.31. The smallest absolute Gasteiger partial charge is 0.197 e. The van der Waals surface area contributed by atoms with Crippen LogP contribution in [0.4, 0.5) is 0 Å². The molecule has 3 aromatic carbocycles. The van der Waals surface area contributed by atoms with E-state index in [0.29, 0.717) is 23.5 Å². The van der Waals surface area contributed by atoms with E-state index in [2.05, 4.69) is 22.8 Å². The third kappa shape index (κ3) is 2.78. The van der Waals surface area contributed by atoms with E-state index in [1.165, 1.54) is 0 Å². The lowest BCUT2D eigenvalue weighted by atomic mass is 10.0. The molecule has 0 aliphatic heterocycles. The number of rotatable bonds is 3. The number of thiophene rings is 1. The van der Waals surface area contributed by atoms with Crippen LogP contribution in [-0.4, -0.2) is 21.1 Å². The van der Waals surface area contributed by atoms with Crippen molar-refractivity contribution >= 4 is 50.1 Å². The van der Waals surface area contributed by atoms with E-state index in [1.807, 2.05) is 61.5 Å². The SMILES string of the molecule is CCn1c(C=C2C(=O)c3cc4ccccc4cc3C2=O)nc2sc(-c3ccccc3)cc21. The molecule has 5 aromatic rings. The highest BCUT2D eigenvalue weighted by atomic mass is 32.1. The summed E-state index contributed by atoms with van der Waals surface area (Å²) in [7, 11) is 0. The second kappa shape index (κ2) is 7.11. The van der Waals surface area contributed by atoms with Gasteiger partial charge in [0.1, 0.15) is 10.7 Å². The van der Waals surface area contributed by atoms with Gasteiger partial charge in [0.05, 0.1) is 11.1 Å². The lowest BCUT2D eigenvalue weighted by Gasteiger charge is -2.02. The molecule has 154 valence electrons. The summed E-state index contributed by atoms with van der Waals surface area (Å²) in [5.74, 6) is 0.187. The average molecular weight is 435 g/mol. The Bertz CT molecular complexity index is 1530. The molecule has 0 spiro atoms. The maximum Gasteiger partial charge on any atom is 0.197 e. The lowest BCUT2D eigenvalue weighted by Crippen LogP contribution is -2.03. The van der Waals surface area contributed by atoms with E-state index in [9.17, 15) is 9.59 Å². The van der Waals surface area contributed by atoms with E-state index in [0.717, 1.165) is 31.6 Å². The molecular formula is C27H18N2O2S. The summed E-state index contributed by atoms with van der Waals surface area (Å²) in [6.07, 6.45) is 1.66. The molecular weight excluding hydrogens is 416 g/mol. The number of benzene rings is 3. The fourth-order valence-electron chi connectivity index (χ4n) is 4.39. The van der Waals surface area contributed by atoms with Gasteiger partial charge in [-0.25, -0.2) is 4.98 Å². The van der Waals surface area contributed by atoms with Crippen LogP contribution >= 0.6 is 11.3 Å². The summed E-state index contributed by atoms with van der Waals surface area (Å²) in [6.45, 7) is 2.74. The van der Waals surface area contributed by atoms with Crippen LogP contribution in [0.25, 0.3) is 37.6 Å². The van der Waals surface area contributed by atoms with Crippen molar-refractivity contribution in [2.75, 3.05) is 0 Å². The molecule has 5 heteroatoms. The zero-order chi connectivity index (χ0) is 21.8. The maximum atomic E-state index is 13.1. The van der Waals surface area contributed by atoms with E-state index in [4.69, 9.17) is 4.98 Å². The zero-order valence-corrected chi connectivity index (χ0v) is 18.1. The number of aromatic nitrogens is 2. The second-order valence-electron chi connectivity index (χ2n) is 7.84. The summed E-state index contributed by atoms with van der Waals surface area (Å²) in [4.78, 5) is 33.1. The Labute approximate surface area is 188 Å². The number of hydrogen-bond donors (Lipinski definition) is 0. The Morgan fingerprint density at radius 2 is 1.50 bits per heavy atom. The summed E-state index contributed by atoms with van der Waals surface area (Å²) in [6, 6.07) is 23.8. The van der Waals surface area contributed by atoms with Crippen LogP contribution in [-0.2, 0) is 6.54 Å². The minimum atomic E-state index is -0.227. The number of fused-ring (bicyclic) bond motifs is 3. The van der Waals surface area contributed by atoms with Crippen LogP contribution in [0.2, 0.25) is 0 Å². The van der Waals surface area contributed by atoms with Crippen molar-refractivity contribution in [1.29, 1.82) is 0 Å². The van der Waals surface area contributed by atoms with Gasteiger partial charge in [0.25, 0.3) is 0 Å². The van der Waals surface area contributed by atoms with Gasteiger partial charge in [0, 0.05) is 22.5 Å². The number of carbonyl (C=O) groups is 2. The van der Waals surface area contributed by atoms with Gasteiger partial charge in [-0.1, -0.05) is 54.6 Å². The molecule has 6 rings (SSSR count). The first-order valence-electron chi connectivity index (χ1n) is 10.5. The fraction of sp³-hybridized carbons (Fsp3) is 0.0741. The van der Waals surface area contributed by atoms with Gasteiger partial charge in [-0.15, -0.1) is 11.3 Å². The minimum Gasteiger partial charge on any atom is -0.324 e. The number of hydrogen-bond acceptors (Lipinski definition) is 4. The summed E-state index contributed by atoms with van der Waals surface area (Å²) >= 11 is 1.62. The Kier molecular flexibility index (Phi) is 4.20. The van der Waals surface area contributed by atoms with Crippen LogP contribution in [0.3, 0.4) is 0 Å². The van der Waals surface area contributed by atoms with E-state index < -0.39 is 0 Å². The van der Waals surface area contributed by atoms with Crippen LogP contribution in [0.15, 0.2) is 78.4 Å². The second-order valence-corrected chi connectivity index (χ2v) is 8.87. The normalized spacial score (nSPS) is 13.3. The monoisotopic (exact) mass is 434 g/mol. The van der Waals surface area contributed by atoms with Gasteiger partial charge >= 0.3 is 0 Å². The Morgan fingerprint density at radius 3 is 2.12 bits per heavy atom. The fourth-order valence-corrected chi connectivity index (χ4v) is 5.44. The maximum absolute atomic E-state index is 13.1. The van der Waals surface area contributed by atoms with Crippen LogP contribution in [0, 0.1) is 0 Å². The van der Waals surface area contributed by atoms with Gasteiger partial charge in [-0.05, 0) is 47.5 Å². The first kappa shape index (κ1) is 18.9. The number of nitrogens with zero attached hydrogens (tertiary/aromatic N) is 2. The number of aryl methyl sites for hydroxylation is 1. The van der Waals surface area contributed by atoms with Crippen LogP contribution in [0.5, 0.6) is 0 Å². The Morgan fingerprint density at radius 1 is 0.875 bits per heavy atom.